The number of carbonyl (C=O) groups excluding carboxylic acids is 1. The van der Waals surface area contributed by atoms with E-state index in [0.717, 1.165) is 59.8 Å². The zero-order valence-corrected chi connectivity index (χ0v) is 22.8. The van der Waals surface area contributed by atoms with E-state index in [1.807, 2.05) is 12.3 Å². The molecule has 0 bridgehead atoms. The van der Waals surface area contributed by atoms with Crippen LogP contribution in [-0.4, -0.2) is 49.0 Å². The zero-order chi connectivity index (χ0) is 26.3. The molecule has 37 heavy (non-hydrogen) atoms. The van der Waals surface area contributed by atoms with Gasteiger partial charge in [-0.15, -0.1) is 0 Å². The lowest BCUT2D eigenvalue weighted by atomic mass is 9.88. The minimum Gasteiger partial charge on any atom is -0.366 e. The largest absolute Gasteiger partial charge is 0.366 e. The van der Waals surface area contributed by atoms with Crippen LogP contribution in [0.15, 0.2) is 36.5 Å². The quantitative estimate of drug-likeness (QED) is 0.399. The number of nitrogens with two attached hydrogens (primary N) is 1. The van der Waals surface area contributed by atoms with Crippen molar-refractivity contribution in [3.63, 3.8) is 0 Å². The summed E-state index contributed by atoms with van der Waals surface area (Å²) in [5.41, 5.74) is 13.0. The monoisotopic (exact) mass is 522 g/mol. The number of hydrogen-bond donors (Lipinski definition) is 3. The maximum atomic E-state index is 12.5. The summed E-state index contributed by atoms with van der Waals surface area (Å²) in [5, 5.41) is 4.71. The summed E-state index contributed by atoms with van der Waals surface area (Å²) in [6.07, 6.45) is 5.66. The van der Waals surface area contributed by atoms with E-state index in [2.05, 4.69) is 48.4 Å². The highest BCUT2D eigenvalue weighted by molar-refractivity contribution is 7.89. The Morgan fingerprint density at radius 3 is 2.54 bits per heavy atom. The van der Waals surface area contributed by atoms with Crippen molar-refractivity contribution in [1.29, 1.82) is 0 Å². The number of nitrogens with zero attached hydrogens (tertiary/aromatic N) is 1. The van der Waals surface area contributed by atoms with E-state index in [4.69, 9.17) is 5.73 Å². The van der Waals surface area contributed by atoms with Crippen molar-refractivity contribution in [3.05, 3.63) is 58.8 Å². The fourth-order valence-corrected chi connectivity index (χ4v) is 7.08. The molecule has 3 aromatic rings. The van der Waals surface area contributed by atoms with Crippen LogP contribution in [0.3, 0.4) is 0 Å². The number of aromatic nitrogens is 1. The molecule has 1 aromatic heterocycles. The highest BCUT2D eigenvalue weighted by Gasteiger charge is 2.29. The van der Waals surface area contributed by atoms with Gasteiger partial charge < -0.3 is 16.0 Å². The van der Waals surface area contributed by atoms with E-state index in [0.29, 0.717) is 30.6 Å². The van der Waals surface area contributed by atoms with Crippen molar-refractivity contribution in [2.75, 3.05) is 25.4 Å². The van der Waals surface area contributed by atoms with Gasteiger partial charge in [0, 0.05) is 30.7 Å². The Balaban J connectivity index is 1.50. The van der Waals surface area contributed by atoms with Crippen LogP contribution in [0.1, 0.15) is 79.0 Å². The number of H-pyrrole nitrogens is 1. The van der Waals surface area contributed by atoms with E-state index in [1.54, 1.807) is 11.2 Å². The second-order valence-electron chi connectivity index (χ2n) is 10.9. The fraction of sp³-hybridized carbons (Fsp3) is 0.483. The first-order chi connectivity index (χ1) is 17.7. The van der Waals surface area contributed by atoms with Crippen molar-refractivity contribution < 1.29 is 13.2 Å². The third kappa shape index (κ3) is 5.07. The average Bonchev–Trinajstić information content (AvgIpc) is 3.50. The average molecular weight is 523 g/mol. The SMILES string of the molecule is CCS(=O)(=O)N1CCC(c2c[nH]c3c(C(N)=O)cc(-c4ccc5c(c4)C(NCC(C)C)CC5)cc23)CC1. The van der Waals surface area contributed by atoms with Crippen molar-refractivity contribution in [2.45, 2.75) is 58.4 Å². The van der Waals surface area contributed by atoms with Crippen molar-refractivity contribution in [1.82, 2.24) is 14.6 Å². The Labute approximate surface area is 219 Å². The second kappa shape index (κ2) is 10.2. The number of aromatic amines is 1. The van der Waals surface area contributed by atoms with Gasteiger partial charge in [-0.3, -0.25) is 4.79 Å². The number of carbonyl (C=O) groups is 1. The lowest BCUT2D eigenvalue weighted by Crippen LogP contribution is -2.38. The molecule has 1 aliphatic heterocycles. The number of benzene rings is 2. The summed E-state index contributed by atoms with van der Waals surface area (Å²) in [4.78, 5) is 15.8. The van der Waals surface area contributed by atoms with Crippen LogP contribution in [0.2, 0.25) is 0 Å². The predicted octanol–water partition coefficient (Wildman–Crippen LogP) is 4.70. The number of fused-ring (bicyclic) bond motifs is 2. The van der Waals surface area contributed by atoms with Gasteiger partial charge in [0.1, 0.15) is 0 Å². The van der Waals surface area contributed by atoms with E-state index < -0.39 is 15.9 Å². The first kappa shape index (κ1) is 25.9. The Morgan fingerprint density at radius 2 is 1.86 bits per heavy atom. The number of aryl methyl sites for hydroxylation is 1. The third-order valence-corrected chi connectivity index (χ3v) is 9.95. The number of rotatable bonds is 8. The van der Waals surface area contributed by atoms with E-state index in [1.165, 1.54) is 11.1 Å². The minimum absolute atomic E-state index is 0.130. The van der Waals surface area contributed by atoms with Crippen LogP contribution >= 0.6 is 0 Å². The molecule has 4 N–H and O–H groups in total. The maximum absolute atomic E-state index is 12.5. The van der Waals surface area contributed by atoms with Crippen LogP contribution in [0.5, 0.6) is 0 Å². The van der Waals surface area contributed by atoms with Crippen LogP contribution in [0, 0.1) is 5.92 Å². The van der Waals surface area contributed by atoms with Crippen LogP contribution in [0.4, 0.5) is 0 Å². The normalized spacial score (nSPS) is 19.1. The number of hydrogen-bond acceptors (Lipinski definition) is 4. The highest BCUT2D eigenvalue weighted by Crippen LogP contribution is 2.39. The lowest BCUT2D eigenvalue weighted by Gasteiger charge is -2.31. The number of piperidine rings is 1. The Morgan fingerprint density at radius 1 is 1.11 bits per heavy atom. The molecule has 1 amide bonds. The van der Waals surface area contributed by atoms with Gasteiger partial charge in [-0.2, -0.15) is 0 Å². The summed E-state index contributed by atoms with van der Waals surface area (Å²) in [5.74, 6) is 0.484. The molecule has 2 heterocycles. The smallest absolute Gasteiger partial charge is 0.250 e. The summed E-state index contributed by atoms with van der Waals surface area (Å²) in [6, 6.07) is 11.1. The van der Waals surface area contributed by atoms with Gasteiger partial charge in [0.25, 0.3) is 5.91 Å². The maximum Gasteiger partial charge on any atom is 0.250 e. The number of sulfonamides is 1. The number of amides is 1. The van der Waals surface area contributed by atoms with Gasteiger partial charge in [-0.1, -0.05) is 26.0 Å². The molecular weight excluding hydrogens is 484 g/mol. The zero-order valence-electron chi connectivity index (χ0n) is 22.0. The molecule has 1 aliphatic carbocycles. The molecule has 2 aromatic carbocycles. The van der Waals surface area contributed by atoms with Gasteiger partial charge >= 0.3 is 0 Å². The fourth-order valence-electron chi connectivity index (χ4n) is 5.95. The molecule has 1 unspecified atom stereocenters. The van der Waals surface area contributed by atoms with Crippen molar-refractivity contribution in [3.8, 4) is 11.1 Å². The molecule has 2 aliphatic rings. The predicted molar refractivity (Wildman–Crippen MR) is 149 cm³/mol. The third-order valence-electron chi connectivity index (χ3n) is 8.07. The summed E-state index contributed by atoms with van der Waals surface area (Å²) in [7, 11) is -3.18. The van der Waals surface area contributed by atoms with Gasteiger partial charge in [0.05, 0.1) is 16.8 Å². The van der Waals surface area contributed by atoms with Crippen LogP contribution in [0.25, 0.3) is 22.0 Å². The molecule has 0 radical (unpaired) electrons. The van der Waals surface area contributed by atoms with E-state index in [-0.39, 0.29) is 11.7 Å². The van der Waals surface area contributed by atoms with Crippen LogP contribution in [-0.2, 0) is 16.4 Å². The Kier molecular flexibility index (Phi) is 7.18. The van der Waals surface area contributed by atoms with Crippen LogP contribution < -0.4 is 11.1 Å². The molecule has 1 atom stereocenters. The number of primary amides is 1. The summed E-state index contributed by atoms with van der Waals surface area (Å²) >= 11 is 0. The van der Waals surface area contributed by atoms with E-state index >= 15 is 0 Å². The molecule has 5 rings (SSSR count). The Bertz CT molecular complexity index is 1420. The van der Waals surface area contributed by atoms with Gasteiger partial charge in [-0.25, -0.2) is 12.7 Å². The second-order valence-corrected chi connectivity index (χ2v) is 13.2. The standard InChI is InChI=1S/C29H38N4O3S/c1-4-37(35,36)33-11-9-20(10-12-33)26-17-32-28-24(26)14-22(15-25(28)29(30)34)21-6-5-19-7-8-27(23(19)13-21)31-16-18(2)3/h5-6,13-15,17-18,20,27,31-32H,4,7-12,16H2,1-3H3,(H2,30,34). The minimum atomic E-state index is -3.18. The number of nitrogens with one attached hydrogen (secondary N) is 2. The molecule has 7 nitrogen and oxygen atoms in total. The summed E-state index contributed by atoms with van der Waals surface area (Å²) < 4.78 is 26.2. The molecular formula is C29H38N4O3S. The molecule has 1 saturated heterocycles. The van der Waals surface area contributed by atoms with Crippen molar-refractivity contribution >= 4 is 26.8 Å². The van der Waals surface area contributed by atoms with Crippen molar-refractivity contribution in [2.24, 2.45) is 11.7 Å². The van der Waals surface area contributed by atoms with Gasteiger partial charge in [0.15, 0.2) is 0 Å². The summed E-state index contributed by atoms with van der Waals surface area (Å²) in [6.45, 7) is 8.16. The first-order valence-electron chi connectivity index (χ1n) is 13.5. The molecule has 0 saturated carbocycles. The first-order valence-corrected chi connectivity index (χ1v) is 15.1. The molecule has 1 fully saturated rings. The van der Waals surface area contributed by atoms with Gasteiger partial charge in [-0.05, 0) is 97.0 Å². The topological polar surface area (TPSA) is 108 Å². The van der Waals surface area contributed by atoms with E-state index in [9.17, 15) is 13.2 Å². The molecule has 8 heteroatoms. The lowest BCUT2D eigenvalue weighted by molar-refractivity contribution is 0.100. The highest BCUT2D eigenvalue weighted by atomic mass is 32.2. The molecule has 0 spiro atoms. The van der Waals surface area contributed by atoms with Gasteiger partial charge in [0.2, 0.25) is 10.0 Å². The molecule has 198 valence electrons. The Hall–Kier alpha value is -2.68.